The summed E-state index contributed by atoms with van der Waals surface area (Å²) in [6.07, 6.45) is 2.90. The molecule has 0 aromatic rings. The molecule has 0 bridgehead atoms. The first-order valence-electron chi connectivity index (χ1n) is 6.77. The first kappa shape index (κ1) is 31.9. The molecule has 0 atom stereocenters. The largest absolute Gasteiger partial charge is 4.00 e. The fourth-order valence-corrected chi connectivity index (χ4v) is 0.289. The number of rotatable bonds is 4. The minimum Gasteiger partial charge on any atom is -0.854 e. The van der Waals surface area contributed by atoms with Crippen LogP contribution >= 0.6 is 0 Å². The molecule has 0 heterocycles. The Balaban J connectivity index is -0.0000000453. The smallest absolute Gasteiger partial charge is 0.854 e. The van der Waals surface area contributed by atoms with E-state index in [2.05, 4.69) is 0 Å². The normalized spacial score (nSPS) is 8.21. The van der Waals surface area contributed by atoms with Crippen LogP contribution in [0.2, 0.25) is 0 Å². The Hall–Kier alpha value is 0.723. The van der Waals surface area contributed by atoms with Gasteiger partial charge in [0.1, 0.15) is 0 Å². The first-order valence-corrected chi connectivity index (χ1v) is 6.77. The molecule has 0 aliphatic carbocycles. The molecule has 0 saturated heterocycles. The Bertz CT molecular complexity index is 79.9. The van der Waals surface area contributed by atoms with E-state index >= 15 is 0 Å². The van der Waals surface area contributed by atoms with Crippen molar-refractivity contribution in [3.8, 4) is 0 Å². The van der Waals surface area contributed by atoms with Crippen LogP contribution in [0.1, 0.15) is 67.2 Å². The molecule has 0 rings (SSSR count). The van der Waals surface area contributed by atoms with Crippen LogP contribution in [0.25, 0.3) is 0 Å². The molecule has 0 aromatic carbocycles. The summed E-state index contributed by atoms with van der Waals surface area (Å²) in [6.45, 7) is 10.7. The average molecular weight is 356 g/mol. The topological polar surface area (TPSA) is 92.2 Å². The standard InChI is InChI=1S/2C4H9O.2C3H7O.Zr/c2*1-2-3-4-5;2*1-3(2)4;/h2*2-4H2,1H3;2*3H,1-2H3;/q4*-1;+4. The average Bonchev–Trinajstić information content (AvgIpc) is 2.19. The van der Waals surface area contributed by atoms with Crippen LogP contribution in [0.4, 0.5) is 0 Å². The van der Waals surface area contributed by atoms with Crippen molar-refractivity contribution in [2.75, 3.05) is 13.2 Å². The molecule has 0 fully saturated rings. The third kappa shape index (κ3) is 235. The molecular weight excluding hydrogens is 323 g/mol. The van der Waals surface area contributed by atoms with Gasteiger partial charge in [-0.1, -0.05) is 67.2 Å². The molecular formula is C14H32O4Zr. The summed E-state index contributed by atoms with van der Waals surface area (Å²) >= 11 is 0. The molecule has 5 heteroatoms. The minimum absolute atomic E-state index is 0. The Labute approximate surface area is 139 Å². The minimum atomic E-state index is -0.417. The number of hydrogen-bond acceptors (Lipinski definition) is 4. The summed E-state index contributed by atoms with van der Waals surface area (Å²) < 4.78 is 0. The van der Waals surface area contributed by atoms with Crippen molar-refractivity contribution in [3.63, 3.8) is 0 Å². The maximum atomic E-state index is 9.53. The van der Waals surface area contributed by atoms with E-state index in [0.717, 1.165) is 25.7 Å². The summed E-state index contributed by atoms with van der Waals surface area (Å²) in [5.41, 5.74) is 0. The van der Waals surface area contributed by atoms with E-state index in [1.807, 2.05) is 13.8 Å². The van der Waals surface area contributed by atoms with Gasteiger partial charge in [-0.15, -0.1) is 25.4 Å². The zero-order valence-corrected chi connectivity index (χ0v) is 16.0. The van der Waals surface area contributed by atoms with Gasteiger partial charge in [0, 0.05) is 0 Å². The first-order chi connectivity index (χ1) is 8.29. The van der Waals surface area contributed by atoms with Crippen LogP contribution in [0.5, 0.6) is 0 Å². The molecule has 0 aliphatic heterocycles. The van der Waals surface area contributed by atoms with E-state index in [-0.39, 0.29) is 39.4 Å². The third-order valence-electron chi connectivity index (χ3n) is 0.996. The van der Waals surface area contributed by atoms with Gasteiger partial charge in [0.2, 0.25) is 0 Å². The van der Waals surface area contributed by atoms with E-state index in [0.29, 0.717) is 0 Å². The molecule has 0 N–H and O–H groups in total. The summed E-state index contributed by atoms with van der Waals surface area (Å²) in [7, 11) is 0. The molecule has 0 radical (unpaired) electrons. The monoisotopic (exact) mass is 354 g/mol. The van der Waals surface area contributed by atoms with Gasteiger partial charge in [-0.3, -0.25) is 0 Å². The molecule has 0 aromatic heterocycles. The van der Waals surface area contributed by atoms with Crippen LogP contribution in [-0.4, -0.2) is 25.4 Å². The van der Waals surface area contributed by atoms with Crippen molar-refractivity contribution < 1.29 is 46.6 Å². The molecule has 4 nitrogen and oxygen atoms in total. The Morgan fingerprint density at radius 3 is 0.842 bits per heavy atom. The van der Waals surface area contributed by atoms with Crippen molar-refractivity contribution >= 4 is 0 Å². The van der Waals surface area contributed by atoms with E-state index in [1.54, 1.807) is 27.7 Å². The quantitative estimate of drug-likeness (QED) is 0.698. The SMILES string of the molecule is CC(C)[O-].CC(C)[O-].CCCC[O-].CCCC[O-].[Zr+4]. The predicted octanol–water partition coefficient (Wildman–Crippen LogP) is -0.199. The maximum Gasteiger partial charge on any atom is 4.00 e. The van der Waals surface area contributed by atoms with Crippen LogP contribution in [0.15, 0.2) is 0 Å². The molecule has 0 spiro atoms. The van der Waals surface area contributed by atoms with Crippen LogP contribution in [0, 0.1) is 0 Å². The van der Waals surface area contributed by atoms with Crippen LogP contribution in [-0.2, 0) is 26.2 Å². The second kappa shape index (κ2) is 36.3. The van der Waals surface area contributed by atoms with Crippen molar-refractivity contribution in [3.05, 3.63) is 0 Å². The molecule has 0 saturated carbocycles. The maximum absolute atomic E-state index is 9.53. The van der Waals surface area contributed by atoms with Gasteiger partial charge in [0.25, 0.3) is 0 Å². The second-order valence-corrected chi connectivity index (χ2v) is 4.21. The summed E-state index contributed by atoms with van der Waals surface area (Å²) in [5.74, 6) is 0. The van der Waals surface area contributed by atoms with Crippen molar-refractivity contribution in [2.24, 2.45) is 0 Å². The molecule has 116 valence electrons. The second-order valence-electron chi connectivity index (χ2n) is 4.21. The van der Waals surface area contributed by atoms with Gasteiger partial charge in [0.15, 0.2) is 0 Å². The van der Waals surface area contributed by atoms with Crippen LogP contribution in [0.3, 0.4) is 0 Å². The molecule has 19 heavy (non-hydrogen) atoms. The van der Waals surface area contributed by atoms with Crippen molar-refractivity contribution in [1.29, 1.82) is 0 Å². The van der Waals surface area contributed by atoms with Gasteiger partial charge in [-0.25, -0.2) is 0 Å². The summed E-state index contributed by atoms with van der Waals surface area (Å²) in [4.78, 5) is 0. The fraction of sp³-hybridized carbons (Fsp3) is 1.00. The van der Waals surface area contributed by atoms with Gasteiger partial charge >= 0.3 is 26.2 Å². The summed E-state index contributed by atoms with van der Waals surface area (Å²) in [6, 6.07) is 0. The Morgan fingerprint density at radius 2 is 0.842 bits per heavy atom. The van der Waals surface area contributed by atoms with E-state index in [9.17, 15) is 20.4 Å². The van der Waals surface area contributed by atoms with Crippen molar-refractivity contribution in [1.82, 2.24) is 0 Å². The zero-order valence-electron chi connectivity index (χ0n) is 13.5. The van der Waals surface area contributed by atoms with E-state index < -0.39 is 12.2 Å². The van der Waals surface area contributed by atoms with Gasteiger partial charge in [-0.05, 0) is 0 Å². The van der Waals surface area contributed by atoms with Crippen LogP contribution < -0.4 is 20.4 Å². The van der Waals surface area contributed by atoms with Gasteiger partial charge in [0.05, 0.1) is 0 Å². The fourth-order valence-electron chi connectivity index (χ4n) is 0.289. The molecule has 0 amide bonds. The van der Waals surface area contributed by atoms with Gasteiger partial charge in [-0.2, -0.15) is 0 Å². The van der Waals surface area contributed by atoms with Gasteiger partial charge < -0.3 is 20.4 Å². The Morgan fingerprint density at radius 1 is 0.684 bits per heavy atom. The zero-order chi connectivity index (χ0) is 15.4. The van der Waals surface area contributed by atoms with Crippen molar-refractivity contribution in [2.45, 2.75) is 79.4 Å². The molecule has 0 aliphatic rings. The Kier molecular flexibility index (Phi) is 61.0. The molecule has 0 unspecified atom stereocenters. The van der Waals surface area contributed by atoms with E-state index in [1.165, 1.54) is 0 Å². The summed E-state index contributed by atoms with van der Waals surface area (Å²) in [5, 5.41) is 38.1. The number of hydrogen-bond donors (Lipinski definition) is 0. The number of unbranched alkanes of at least 4 members (excludes halogenated alkanes) is 2. The van der Waals surface area contributed by atoms with E-state index in [4.69, 9.17) is 0 Å². The third-order valence-corrected chi connectivity index (χ3v) is 0.996. The predicted molar refractivity (Wildman–Crippen MR) is 69.8 cm³/mol.